The highest BCUT2D eigenvalue weighted by Crippen LogP contribution is 2.29. The molecular formula is C17H15ClN2O3. The number of benzene rings is 2. The summed E-state index contributed by atoms with van der Waals surface area (Å²) < 4.78 is 0. The van der Waals surface area contributed by atoms with E-state index in [0.29, 0.717) is 22.8 Å². The number of hydrogen-bond donors (Lipinski definition) is 2. The van der Waals surface area contributed by atoms with Crippen molar-refractivity contribution < 1.29 is 14.7 Å². The SMILES string of the molecule is O=C(O)Cc1ccc(NC(=O)N2CCc3ccccc32)c(Cl)c1. The standard InChI is InChI=1S/C17H15ClN2O3/c18-13-9-11(10-16(21)22)5-6-14(13)19-17(23)20-8-7-12-3-1-2-4-15(12)20/h1-6,9H,7-8,10H2,(H,19,23)(H,21,22). The molecule has 0 spiro atoms. The molecule has 1 heterocycles. The van der Waals surface area contributed by atoms with E-state index in [0.717, 1.165) is 17.7 Å². The van der Waals surface area contributed by atoms with Gasteiger partial charge in [-0.3, -0.25) is 9.69 Å². The summed E-state index contributed by atoms with van der Waals surface area (Å²) in [5.41, 5.74) is 3.11. The number of urea groups is 1. The molecule has 0 bridgehead atoms. The lowest BCUT2D eigenvalue weighted by Gasteiger charge is -2.18. The van der Waals surface area contributed by atoms with Crippen LogP contribution < -0.4 is 10.2 Å². The molecule has 6 heteroatoms. The number of amides is 2. The predicted octanol–water partition coefficient (Wildman–Crippen LogP) is 3.56. The van der Waals surface area contributed by atoms with Crippen LogP contribution >= 0.6 is 11.6 Å². The highest BCUT2D eigenvalue weighted by molar-refractivity contribution is 6.34. The first-order valence-corrected chi connectivity index (χ1v) is 7.59. The van der Waals surface area contributed by atoms with Gasteiger partial charge in [0, 0.05) is 12.2 Å². The minimum absolute atomic E-state index is 0.104. The maximum absolute atomic E-state index is 12.5. The zero-order valence-electron chi connectivity index (χ0n) is 12.3. The van der Waals surface area contributed by atoms with Crippen molar-refractivity contribution in [2.45, 2.75) is 12.8 Å². The number of carbonyl (C=O) groups is 2. The number of para-hydroxylation sites is 1. The first kappa shape index (κ1) is 15.4. The molecule has 1 aliphatic rings. The van der Waals surface area contributed by atoms with E-state index in [4.69, 9.17) is 16.7 Å². The Bertz CT molecular complexity index is 776. The maximum Gasteiger partial charge on any atom is 0.326 e. The third kappa shape index (κ3) is 3.29. The number of carboxylic acids is 1. The number of carbonyl (C=O) groups excluding carboxylic acids is 1. The lowest BCUT2D eigenvalue weighted by atomic mass is 10.1. The number of anilines is 2. The second-order valence-corrected chi connectivity index (χ2v) is 5.75. The molecule has 0 fully saturated rings. The Hall–Kier alpha value is -2.53. The zero-order chi connectivity index (χ0) is 16.4. The van der Waals surface area contributed by atoms with Gasteiger partial charge in [-0.25, -0.2) is 4.79 Å². The van der Waals surface area contributed by atoms with Crippen LogP contribution in [0, 0.1) is 0 Å². The molecule has 0 saturated carbocycles. The fraction of sp³-hybridized carbons (Fsp3) is 0.176. The van der Waals surface area contributed by atoms with Crippen LogP contribution in [-0.4, -0.2) is 23.7 Å². The van der Waals surface area contributed by atoms with Gasteiger partial charge < -0.3 is 10.4 Å². The van der Waals surface area contributed by atoms with E-state index < -0.39 is 5.97 Å². The summed E-state index contributed by atoms with van der Waals surface area (Å²) in [5, 5.41) is 11.9. The number of rotatable bonds is 3. The second-order valence-electron chi connectivity index (χ2n) is 5.35. The number of halogens is 1. The monoisotopic (exact) mass is 330 g/mol. The Morgan fingerprint density at radius 3 is 2.74 bits per heavy atom. The van der Waals surface area contributed by atoms with E-state index in [1.807, 2.05) is 24.3 Å². The van der Waals surface area contributed by atoms with E-state index >= 15 is 0 Å². The first-order valence-electron chi connectivity index (χ1n) is 7.21. The molecule has 1 aliphatic heterocycles. The zero-order valence-corrected chi connectivity index (χ0v) is 13.0. The molecular weight excluding hydrogens is 316 g/mol. The van der Waals surface area contributed by atoms with Crippen molar-refractivity contribution in [1.82, 2.24) is 0 Å². The molecule has 0 aromatic heterocycles. The maximum atomic E-state index is 12.5. The molecule has 2 aromatic carbocycles. The van der Waals surface area contributed by atoms with E-state index in [9.17, 15) is 9.59 Å². The average molecular weight is 331 g/mol. The van der Waals surface area contributed by atoms with Gasteiger partial charge in [-0.2, -0.15) is 0 Å². The lowest BCUT2D eigenvalue weighted by Crippen LogP contribution is -2.33. The summed E-state index contributed by atoms with van der Waals surface area (Å²) in [4.78, 5) is 24.8. The molecule has 0 saturated heterocycles. The van der Waals surface area contributed by atoms with Gasteiger partial charge in [0.05, 0.1) is 17.1 Å². The van der Waals surface area contributed by atoms with Gasteiger partial charge in [0.15, 0.2) is 0 Å². The predicted molar refractivity (Wildman–Crippen MR) is 89.3 cm³/mol. The topological polar surface area (TPSA) is 69.6 Å². The largest absolute Gasteiger partial charge is 0.481 e. The molecule has 0 radical (unpaired) electrons. The Kier molecular flexibility index (Phi) is 4.21. The summed E-state index contributed by atoms with van der Waals surface area (Å²) in [5.74, 6) is -0.925. The molecule has 2 amide bonds. The molecule has 118 valence electrons. The summed E-state index contributed by atoms with van der Waals surface area (Å²) in [6, 6.07) is 12.4. The third-order valence-corrected chi connectivity index (χ3v) is 4.08. The molecule has 0 atom stereocenters. The van der Waals surface area contributed by atoms with Gasteiger partial charge in [0.2, 0.25) is 0 Å². The number of aliphatic carboxylic acids is 1. The summed E-state index contributed by atoms with van der Waals surface area (Å²) >= 11 is 6.14. The number of hydrogen-bond acceptors (Lipinski definition) is 2. The van der Waals surface area contributed by atoms with E-state index in [1.165, 1.54) is 0 Å². The minimum Gasteiger partial charge on any atom is -0.481 e. The number of nitrogens with zero attached hydrogens (tertiary/aromatic N) is 1. The third-order valence-electron chi connectivity index (χ3n) is 3.76. The van der Waals surface area contributed by atoms with E-state index in [-0.39, 0.29) is 12.5 Å². The van der Waals surface area contributed by atoms with Gasteiger partial charge >= 0.3 is 12.0 Å². The molecule has 2 N–H and O–H groups in total. The van der Waals surface area contributed by atoms with Crippen LogP contribution in [0.1, 0.15) is 11.1 Å². The molecule has 3 rings (SSSR count). The Balaban J connectivity index is 1.75. The number of carboxylic acid groups (broad SMARTS) is 1. The van der Waals surface area contributed by atoms with Crippen molar-refractivity contribution in [2.24, 2.45) is 0 Å². The van der Waals surface area contributed by atoms with Crippen LogP contribution in [0.2, 0.25) is 5.02 Å². The summed E-state index contributed by atoms with van der Waals surface area (Å²) in [6.07, 6.45) is 0.725. The smallest absolute Gasteiger partial charge is 0.326 e. The van der Waals surface area contributed by atoms with Crippen molar-refractivity contribution in [3.05, 3.63) is 58.6 Å². The van der Waals surface area contributed by atoms with Crippen molar-refractivity contribution in [3.63, 3.8) is 0 Å². The van der Waals surface area contributed by atoms with Crippen LogP contribution in [0.4, 0.5) is 16.2 Å². The van der Waals surface area contributed by atoms with Gasteiger partial charge in [0.25, 0.3) is 0 Å². The summed E-state index contributed by atoms with van der Waals surface area (Å²) in [6.45, 7) is 0.625. The van der Waals surface area contributed by atoms with Crippen LogP contribution in [0.3, 0.4) is 0 Å². The average Bonchev–Trinajstić information content (AvgIpc) is 2.93. The highest BCUT2D eigenvalue weighted by Gasteiger charge is 2.24. The number of fused-ring (bicyclic) bond motifs is 1. The first-order chi connectivity index (χ1) is 11.0. The molecule has 5 nitrogen and oxygen atoms in total. The lowest BCUT2D eigenvalue weighted by molar-refractivity contribution is -0.136. The molecule has 2 aromatic rings. The Labute approximate surface area is 138 Å². The Morgan fingerprint density at radius 1 is 1.22 bits per heavy atom. The fourth-order valence-corrected chi connectivity index (χ4v) is 2.93. The van der Waals surface area contributed by atoms with Crippen LogP contribution in [0.15, 0.2) is 42.5 Å². The second kappa shape index (κ2) is 6.30. The fourth-order valence-electron chi connectivity index (χ4n) is 2.68. The molecule has 23 heavy (non-hydrogen) atoms. The minimum atomic E-state index is -0.925. The van der Waals surface area contributed by atoms with Crippen molar-refractivity contribution in [3.8, 4) is 0 Å². The summed E-state index contributed by atoms with van der Waals surface area (Å²) in [7, 11) is 0. The van der Waals surface area contributed by atoms with Gasteiger partial charge in [-0.15, -0.1) is 0 Å². The van der Waals surface area contributed by atoms with Gasteiger partial charge in [-0.05, 0) is 35.7 Å². The van der Waals surface area contributed by atoms with Crippen molar-refractivity contribution in [1.29, 1.82) is 0 Å². The van der Waals surface area contributed by atoms with E-state index in [1.54, 1.807) is 23.1 Å². The molecule has 0 unspecified atom stereocenters. The Morgan fingerprint density at radius 2 is 2.00 bits per heavy atom. The highest BCUT2D eigenvalue weighted by atomic mass is 35.5. The van der Waals surface area contributed by atoms with Gasteiger partial charge in [-0.1, -0.05) is 35.9 Å². The van der Waals surface area contributed by atoms with Crippen molar-refractivity contribution >= 4 is 35.0 Å². The van der Waals surface area contributed by atoms with Crippen molar-refractivity contribution in [2.75, 3.05) is 16.8 Å². The quantitative estimate of drug-likeness (QED) is 0.904. The molecule has 0 aliphatic carbocycles. The van der Waals surface area contributed by atoms with Crippen LogP contribution in [0.25, 0.3) is 0 Å². The normalized spacial score (nSPS) is 12.8. The van der Waals surface area contributed by atoms with E-state index in [2.05, 4.69) is 5.32 Å². The van der Waals surface area contributed by atoms with Crippen LogP contribution in [0.5, 0.6) is 0 Å². The number of nitrogens with one attached hydrogen (secondary N) is 1. The van der Waals surface area contributed by atoms with Crippen LogP contribution in [-0.2, 0) is 17.6 Å². The van der Waals surface area contributed by atoms with Gasteiger partial charge in [0.1, 0.15) is 0 Å².